The molecule has 0 bridgehead atoms. The molecular weight excluding hydrogens is 291 g/mol. The topological polar surface area (TPSA) is 58.9 Å². The summed E-state index contributed by atoms with van der Waals surface area (Å²) in [6.07, 6.45) is 0. The lowest BCUT2D eigenvalue weighted by Crippen LogP contribution is -2.13. The van der Waals surface area contributed by atoms with Crippen molar-refractivity contribution in [3.63, 3.8) is 0 Å². The van der Waals surface area contributed by atoms with Crippen LogP contribution in [0.15, 0.2) is 65.5 Å². The van der Waals surface area contributed by atoms with E-state index in [4.69, 9.17) is 5.73 Å². The zero-order valence-electron chi connectivity index (χ0n) is 12.1. The third-order valence-electron chi connectivity index (χ3n) is 4.06. The monoisotopic (exact) mass is 304 g/mol. The summed E-state index contributed by atoms with van der Waals surface area (Å²) in [4.78, 5) is 15.1. The number of aromatic amines is 1. The first-order valence-corrected chi connectivity index (χ1v) is 7.24. The van der Waals surface area contributed by atoms with Crippen LogP contribution in [-0.2, 0) is 0 Å². The number of anilines is 1. The third-order valence-corrected chi connectivity index (χ3v) is 4.06. The van der Waals surface area contributed by atoms with Crippen LogP contribution in [0.2, 0.25) is 0 Å². The van der Waals surface area contributed by atoms with Gasteiger partial charge in [0, 0.05) is 16.3 Å². The number of nitrogens with one attached hydrogen (secondary N) is 1. The molecule has 4 heteroatoms. The van der Waals surface area contributed by atoms with Crippen LogP contribution >= 0.6 is 0 Å². The average Bonchev–Trinajstić information content (AvgIpc) is 2.56. The van der Waals surface area contributed by atoms with Crippen molar-refractivity contribution in [1.82, 2.24) is 4.98 Å². The number of H-pyrrole nitrogens is 1. The summed E-state index contributed by atoms with van der Waals surface area (Å²) in [5.41, 5.74) is 7.60. The van der Waals surface area contributed by atoms with Crippen LogP contribution in [0.3, 0.4) is 0 Å². The van der Waals surface area contributed by atoms with Gasteiger partial charge in [-0.2, -0.15) is 0 Å². The Morgan fingerprint density at radius 3 is 2.57 bits per heavy atom. The number of pyridine rings is 1. The second-order valence-electron chi connectivity index (χ2n) is 5.46. The maximum Gasteiger partial charge on any atom is 0.272 e. The molecule has 23 heavy (non-hydrogen) atoms. The Morgan fingerprint density at radius 2 is 1.74 bits per heavy atom. The van der Waals surface area contributed by atoms with Crippen LogP contribution in [0.5, 0.6) is 0 Å². The Labute approximate surface area is 131 Å². The maximum atomic E-state index is 13.6. The number of hydrogen-bond acceptors (Lipinski definition) is 2. The highest BCUT2D eigenvalue weighted by Crippen LogP contribution is 2.34. The highest BCUT2D eigenvalue weighted by Gasteiger charge is 2.14. The fourth-order valence-corrected chi connectivity index (χ4v) is 3.01. The van der Waals surface area contributed by atoms with Gasteiger partial charge < -0.3 is 10.7 Å². The van der Waals surface area contributed by atoms with Gasteiger partial charge >= 0.3 is 0 Å². The SMILES string of the molecule is Nc1c(-c2cccc(F)c2)c2ccc3ccccc3c2[nH]c1=O. The highest BCUT2D eigenvalue weighted by molar-refractivity contribution is 6.11. The standard InChI is InChI=1S/C19H13FN2O/c20-13-6-3-5-12(10-13)16-15-9-8-11-4-1-2-7-14(11)18(15)22-19(23)17(16)21/h1-10H,21H2,(H,22,23). The van der Waals surface area contributed by atoms with Crippen molar-refractivity contribution in [3.05, 3.63) is 76.8 Å². The molecule has 3 nitrogen and oxygen atoms in total. The Kier molecular flexibility index (Phi) is 2.91. The summed E-state index contributed by atoms with van der Waals surface area (Å²) < 4.78 is 13.6. The van der Waals surface area contributed by atoms with Gasteiger partial charge in [0.2, 0.25) is 0 Å². The molecule has 0 aliphatic rings. The largest absolute Gasteiger partial charge is 0.394 e. The number of aromatic nitrogens is 1. The first kappa shape index (κ1) is 13.5. The van der Waals surface area contributed by atoms with Crippen molar-refractivity contribution in [3.8, 4) is 11.1 Å². The minimum atomic E-state index is -0.367. The Morgan fingerprint density at radius 1 is 0.913 bits per heavy atom. The van der Waals surface area contributed by atoms with E-state index in [-0.39, 0.29) is 17.1 Å². The van der Waals surface area contributed by atoms with Crippen molar-refractivity contribution in [2.45, 2.75) is 0 Å². The molecule has 0 saturated carbocycles. The van der Waals surface area contributed by atoms with E-state index in [1.807, 2.05) is 36.4 Å². The molecule has 0 saturated heterocycles. The molecule has 1 aromatic heterocycles. The zero-order chi connectivity index (χ0) is 16.0. The van der Waals surface area contributed by atoms with E-state index in [2.05, 4.69) is 4.98 Å². The van der Waals surface area contributed by atoms with E-state index in [1.54, 1.807) is 12.1 Å². The summed E-state index contributed by atoms with van der Waals surface area (Å²) in [6.45, 7) is 0. The van der Waals surface area contributed by atoms with Crippen molar-refractivity contribution in [1.29, 1.82) is 0 Å². The Bertz CT molecular complexity index is 1120. The Hall–Kier alpha value is -3.14. The van der Waals surface area contributed by atoms with Gasteiger partial charge in [-0.15, -0.1) is 0 Å². The van der Waals surface area contributed by atoms with Gasteiger partial charge in [0.25, 0.3) is 5.56 Å². The van der Waals surface area contributed by atoms with Gasteiger partial charge in [-0.3, -0.25) is 4.79 Å². The molecule has 0 aliphatic heterocycles. The fourth-order valence-electron chi connectivity index (χ4n) is 3.01. The van der Waals surface area contributed by atoms with Gasteiger partial charge in [0.05, 0.1) is 5.52 Å². The maximum absolute atomic E-state index is 13.6. The minimum absolute atomic E-state index is 0.0957. The van der Waals surface area contributed by atoms with Gasteiger partial charge in [0.1, 0.15) is 11.5 Å². The molecule has 0 unspecified atom stereocenters. The van der Waals surface area contributed by atoms with Crippen LogP contribution in [0.1, 0.15) is 0 Å². The van der Waals surface area contributed by atoms with Crippen LogP contribution < -0.4 is 11.3 Å². The summed E-state index contributed by atoms with van der Waals surface area (Å²) in [5, 5.41) is 2.75. The molecule has 0 fully saturated rings. The summed E-state index contributed by atoms with van der Waals surface area (Å²) >= 11 is 0. The number of hydrogen-bond donors (Lipinski definition) is 2. The normalized spacial score (nSPS) is 11.2. The van der Waals surface area contributed by atoms with Crippen LogP contribution in [0, 0.1) is 5.82 Å². The number of halogens is 1. The predicted molar refractivity (Wildman–Crippen MR) is 91.9 cm³/mol. The second kappa shape index (κ2) is 4.95. The highest BCUT2D eigenvalue weighted by atomic mass is 19.1. The molecule has 0 aliphatic carbocycles. The molecule has 3 N–H and O–H groups in total. The first-order valence-electron chi connectivity index (χ1n) is 7.24. The van der Waals surface area contributed by atoms with Gasteiger partial charge in [-0.25, -0.2) is 4.39 Å². The molecular formula is C19H13FN2O. The van der Waals surface area contributed by atoms with Crippen LogP contribution in [0.4, 0.5) is 10.1 Å². The lowest BCUT2D eigenvalue weighted by molar-refractivity contribution is 0.628. The lowest BCUT2D eigenvalue weighted by Gasteiger charge is -2.12. The molecule has 4 aromatic rings. The predicted octanol–water partition coefficient (Wildman–Crippen LogP) is 4.07. The molecule has 112 valence electrons. The molecule has 0 radical (unpaired) electrons. The quantitative estimate of drug-likeness (QED) is 0.521. The third kappa shape index (κ3) is 2.07. The van der Waals surface area contributed by atoms with Crippen molar-refractivity contribution < 1.29 is 4.39 Å². The van der Waals surface area contributed by atoms with Crippen molar-refractivity contribution in [2.24, 2.45) is 0 Å². The van der Waals surface area contributed by atoms with E-state index >= 15 is 0 Å². The number of nitrogens with two attached hydrogens (primary N) is 1. The molecule has 0 amide bonds. The lowest BCUT2D eigenvalue weighted by atomic mass is 9.97. The average molecular weight is 304 g/mol. The first-order chi connectivity index (χ1) is 11.1. The van der Waals surface area contributed by atoms with Crippen molar-refractivity contribution in [2.75, 3.05) is 5.73 Å². The van der Waals surface area contributed by atoms with E-state index < -0.39 is 0 Å². The number of nitrogen functional groups attached to an aromatic ring is 1. The van der Waals surface area contributed by atoms with Gasteiger partial charge in [0.15, 0.2) is 0 Å². The molecule has 0 atom stereocenters. The van der Waals surface area contributed by atoms with Gasteiger partial charge in [-0.1, -0.05) is 48.5 Å². The molecule has 3 aromatic carbocycles. The molecule has 0 spiro atoms. The number of fused-ring (bicyclic) bond motifs is 3. The van der Waals surface area contributed by atoms with E-state index in [0.717, 1.165) is 16.2 Å². The van der Waals surface area contributed by atoms with E-state index in [0.29, 0.717) is 16.6 Å². The second-order valence-corrected chi connectivity index (χ2v) is 5.46. The van der Waals surface area contributed by atoms with Crippen LogP contribution in [0.25, 0.3) is 32.8 Å². The van der Waals surface area contributed by atoms with E-state index in [1.165, 1.54) is 12.1 Å². The van der Waals surface area contributed by atoms with Gasteiger partial charge in [-0.05, 0) is 23.1 Å². The smallest absolute Gasteiger partial charge is 0.272 e. The van der Waals surface area contributed by atoms with Crippen LogP contribution in [-0.4, -0.2) is 4.98 Å². The van der Waals surface area contributed by atoms with Crippen molar-refractivity contribution >= 4 is 27.4 Å². The minimum Gasteiger partial charge on any atom is -0.394 e. The summed E-state index contributed by atoms with van der Waals surface area (Å²) in [6, 6.07) is 17.8. The summed E-state index contributed by atoms with van der Waals surface area (Å²) in [5.74, 6) is -0.365. The fraction of sp³-hybridized carbons (Fsp3) is 0. The zero-order valence-corrected chi connectivity index (χ0v) is 12.1. The Balaban J connectivity index is 2.21. The molecule has 4 rings (SSSR count). The number of benzene rings is 3. The number of rotatable bonds is 1. The molecule has 1 heterocycles. The van der Waals surface area contributed by atoms with E-state index in [9.17, 15) is 9.18 Å². The summed E-state index contributed by atoms with van der Waals surface area (Å²) in [7, 11) is 0.